The summed E-state index contributed by atoms with van der Waals surface area (Å²) >= 11 is 0. The molecule has 0 aliphatic carbocycles. The summed E-state index contributed by atoms with van der Waals surface area (Å²) in [5.41, 5.74) is 2.63. The number of carbonyl (C=O) groups is 1. The number of amides is 1. The molecule has 0 aliphatic heterocycles. The van der Waals surface area contributed by atoms with Crippen molar-refractivity contribution in [3.05, 3.63) is 62.4 Å². The second-order valence-electron chi connectivity index (χ2n) is 4.96. The number of nitrogens with zero attached hydrogens (tertiary/aromatic N) is 2. The minimum absolute atomic E-state index is 0.155. The minimum atomic E-state index is -0.747. The van der Waals surface area contributed by atoms with Crippen molar-refractivity contribution in [2.45, 2.75) is 13.8 Å². The molecule has 0 atom stereocenters. The van der Waals surface area contributed by atoms with Gasteiger partial charge in [0.1, 0.15) is 5.69 Å². The van der Waals surface area contributed by atoms with Crippen molar-refractivity contribution in [2.24, 2.45) is 5.10 Å². The van der Waals surface area contributed by atoms with E-state index in [9.17, 15) is 14.4 Å². The maximum atomic E-state index is 11.8. The fraction of sp³-hybridized carbons (Fsp3) is 0.250. The molecule has 1 aromatic heterocycles. The third-order valence-corrected chi connectivity index (χ3v) is 3.41. The molecule has 1 heterocycles. The van der Waals surface area contributed by atoms with E-state index < -0.39 is 17.2 Å². The minimum Gasteiger partial charge on any atom is -0.372 e. The van der Waals surface area contributed by atoms with Gasteiger partial charge in [-0.15, -0.1) is 0 Å². The third kappa shape index (κ3) is 4.42. The Morgan fingerprint density at radius 2 is 1.83 bits per heavy atom. The van der Waals surface area contributed by atoms with Crippen LogP contribution in [-0.4, -0.2) is 35.2 Å². The normalized spacial score (nSPS) is 10.8. The second-order valence-corrected chi connectivity index (χ2v) is 4.96. The van der Waals surface area contributed by atoms with Crippen LogP contribution < -0.4 is 21.6 Å². The van der Waals surface area contributed by atoms with Crippen molar-refractivity contribution < 1.29 is 4.79 Å². The van der Waals surface area contributed by atoms with Gasteiger partial charge in [0.2, 0.25) is 0 Å². The molecule has 0 fully saturated rings. The molecule has 2 rings (SSSR count). The topological polar surface area (TPSA) is 110 Å². The van der Waals surface area contributed by atoms with Crippen molar-refractivity contribution in [3.63, 3.8) is 0 Å². The van der Waals surface area contributed by atoms with Crippen LogP contribution in [0.1, 0.15) is 29.9 Å². The summed E-state index contributed by atoms with van der Waals surface area (Å²) in [6.45, 7) is 6.03. The molecule has 1 amide bonds. The Labute approximate surface area is 138 Å². The molecule has 0 spiro atoms. The van der Waals surface area contributed by atoms with Crippen LogP contribution in [0.4, 0.5) is 5.69 Å². The van der Waals surface area contributed by atoms with Crippen LogP contribution in [-0.2, 0) is 0 Å². The summed E-state index contributed by atoms with van der Waals surface area (Å²) in [5, 5.41) is 3.82. The second kappa shape index (κ2) is 7.91. The van der Waals surface area contributed by atoms with Crippen molar-refractivity contribution in [3.8, 4) is 0 Å². The number of hydrazone groups is 1. The quantitative estimate of drug-likeness (QED) is 0.534. The zero-order chi connectivity index (χ0) is 17.5. The lowest BCUT2D eigenvalue weighted by molar-refractivity contribution is 0.0949. The molecule has 24 heavy (non-hydrogen) atoms. The maximum Gasteiger partial charge on any atom is 0.326 e. The molecule has 8 heteroatoms. The number of aromatic nitrogens is 2. The van der Waals surface area contributed by atoms with Gasteiger partial charge < -0.3 is 9.88 Å². The lowest BCUT2D eigenvalue weighted by Crippen LogP contribution is -2.28. The highest BCUT2D eigenvalue weighted by atomic mass is 16.2. The molecule has 0 saturated carbocycles. The van der Waals surface area contributed by atoms with E-state index in [1.165, 1.54) is 6.21 Å². The van der Waals surface area contributed by atoms with Gasteiger partial charge in [-0.1, -0.05) is 12.1 Å². The van der Waals surface area contributed by atoms with Gasteiger partial charge in [-0.25, -0.2) is 10.2 Å². The third-order valence-electron chi connectivity index (χ3n) is 3.41. The van der Waals surface area contributed by atoms with Crippen LogP contribution in [0.2, 0.25) is 0 Å². The van der Waals surface area contributed by atoms with E-state index in [1.807, 2.05) is 29.2 Å². The fourth-order valence-electron chi connectivity index (χ4n) is 2.18. The standard InChI is InChI=1S/C16H19N5O3/c1-3-21(4-2)12-7-5-11(6-8-12)10-17-20-15(23)13-9-14(22)19-16(24)18-13/h5-10H,3-4H2,1-2H3,(H,20,23)(H2,18,19,22,24)/b17-10-. The van der Waals surface area contributed by atoms with Gasteiger partial charge in [0.05, 0.1) is 6.21 Å². The number of hydrogen-bond donors (Lipinski definition) is 3. The molecule has 0 unspecified atom stereocenters. The zero-order valence-electron chi connectivity index (χ0n) is 13.5. The molecule has 0 radical (unpaired) electrons. The average Bonchev–Trinajstić information content (AvgIpc) is 2.56. The van der Waals surface area contributed by atoms with Crippen molar-refractivity contribution >= 4 is 17.8 Å². The molecule has 0 saturated heterocycles. The van der Waals surface area contributed by atoms with Crippen LogP contribution >= 0.6 is 0 Å². The number of rotatable bonds is 6. The predicted molar refractivity (Wildman–Crippen MR) is 92.7 cm³/mol. The molecular formula is C16H19N5O3. The molecule has 0 bridgehead atoms. The summed E-state index contributed by atoms with van der Waals surface area (Å²) < 4.78 is 0. The van der Waals surface area contributed by atoms with Crippen molar-refractivity contribution in [2.75, 3.05) is 18.0 Å². The Bertz CT molecular complexity index is 804. The lowest BCUT2D eigenvalue weighted by Gasteiger charge is -2.20. The van der Waals surface area contributed by atoms with Gasteiger partial charge in [0.15, 0.2) is 0 Å². The van der Waals surface area contributed by atoms with E-state index in [-0.39, 0.29) is 5.69 Å². The van der Waals surface area contributed by atoms with Crippen molar-refractivity contribution in [1.29, 1.82) is 0 Å². The highest BCUT2D eigenvalue weighted by Crippen LogP contribution is 2.13. The van der Waals surface area contributed by atoms with Gasteiger partial charge in [0.25, 0.3) is 11.5 Å². The summed E-state index contributed by atoms with van der Waals surface area (Å²) in [6, 6.07) is 8.72. The Kier molecular flexibility index (Phi) is 5.67. The van der Waals surface area contributed by atoms with Gasteiger partial charge in [-0.05, 0) is 31.5 Å². The van der Waals surface area contributed by atoms with Crippen LogP contribution in [0.15, 0.2) is 45.0 Å². The number of benzene rings is 1. The molecule has 3 N–H and O–H groups in total. The Balaban J connectivity index is 2.02. The predicted octanol–water partition coefficient (Wildman–Crippen LogP) is 0.673. The van der Waals surface area contributed by atoms with Crippen molar-refractivity contribution in [1.82, 2.24) is 15.4 Å². The summed E-state index contributed by atoms with van der Waals surface area (Å²) in [6.07, 6.45) is 1.48. The lowest BCUT2D eigenvalue weighted by atomic mass is 10.2. The van der Waals surface area contributed by atoms with E-state index in [2.05, 4.69) is 34.3 Å². The molecule has 2 aromatic rings. The van der Waals surface area contributed by atoms with Crippen LogP contribution in [0.5, 0.6) is 0 Å². The highest BCUT2D eigenvalue weighted by Gasteiger charge is 2.06. The van der Waals surface area contributed by atoms with E-state index in [0.717, 1.165) is 30.4 Å². The van der Waals surface area contributed by atoms with Gasteiger partial charge in [-0.2, -0.15) is 5.10 Å². The van der Waals surface area contributed by atoms with Gasteiger partial charge >= 0.3 is 5.69 Å². The number of anilines is 1. The number of nitrogens with one attached hydrogen (secondary N) is 3. The van der Waals surface area contributed by atoms with Crippen LogP contribution in [0.25, 0.3) is 0 Å². The summed E-state index contributed by atoms with van der Waals surface area (Å²) in [5.74, 6) is -0.672. The number of H-pyrrole nitrogens is 2. The molecule has 8 nitrogen and oxygen atoms in total. The van der Waals surface area contributed by atoms with E-state index in [0.29, 0.717) is 0 Å². The zero-order valence-corrected chi connectivity index (χ0v) is 13.5. The molecule has 126 valence electrons. The Morgan fingerprint density at radius 3 is 2.42 bits per heavy atom. The van der Waals surface area contributed by atoms with Crippen LogP contribution in [0, 0.1) is 0 Å². The smallest absolute Gasteiger partial charge is 0.326 e. The number of aromatic amines is 2. The largest absolute Gasteiger partial charge is 0.372 e. The average molecular weight is 329 g/mol. The van der Waals surface area contributed by atoms with Crippen LogP contribution in [0.3, 0.4) is 0 Å². The number of carbonyl (C=O) groups excluding carboxylic acids is 1. The Morgan fingerprint density at radius 1 is 1.17 bits per heavy atom. The first-order chi connectivity index (χ1) is 11.5. The SMILES string of the molecule is CCN(CC)c1ccc(/C=N\NC(=O)c2cc(=O)[nH]c(=O)[nH]2)cc1. The summed E-state index contributed by atoms with van der Waals surface area (Å²) in [7, 11) is 0. The molecular weight excluding hydrogens is 310 g/mol. The maximum absolute atomic E-state index is 11.8. The monoisotopic (exact) mass is 329 g/mol. The summed E-state index contributed by atoms with van der Waals surface area (Å²) in [4.78, 5) is 40.5. The Hall–Kier alpha value is -3.16. The first-order valence-electron chi connectivity index (χ1n) is 7.55. The molecule has 0 aliphatic rings. The van der Waals surface area contributed by atoms with E-state index >= 15 is 0 Å². The van der Waals surface area contributed by atoms with E-state index in [4.69, 9.17) is 0 Å². The van der Waals surface area contributed by atoms with Gasteiger partial charge in [-0.3, -0.25) is 14.6 Å². The highest BCUT2D eigenvalue weighted by molar-refractivity contribution is 5.92. The van der Waals surface area contributed by atoms with E-state index in [1.54, 1.807) is 0 Å². The first kappa shape index (κ1) is 17.2. The van der Waals surface area contributed by atoms with Gasteiger partial charge in [0, 0.05) is 24.8 Å². The first-order valence-corrected chi connectivity index (χ1v) is 7.55. The number of hydrogen-bond acceptors (Lipinski definition) is 5. The fourth-order valence-corrected chi connectivity index (χ4v) is 2.18. The molecule has 1 aromatic carbocycles.